The molecule has 5 heteroatoms. The van der Waals surface area contributed by atoms with Crippen LogP contribution in [-0.4, -0.2) is 17.4 Å². The molecule has 1 heterocycles. The molecule has 1 saturated carbocycles. The van der Waals surface area contributed by atoms with Gasteiger partial charge in [-0.1, -0.05) is 30.9 Å². The lowest BCUT2D eigenvalue weighted by Gasteiger charge is -2.35. The van der Waals surface area contributed by atoms with E-state index in [2.05, 4.69) is 10.3 Å². The third kappa shape index (κ3) is 3.91. The number of nitrogens with zero attached hydrogens (tertiary/aromatic N) is 1. The normalized spacial score (nSPS) is 18.0. The SMILES string of the molecule is NCC1(CC(=O)Nc2ccc(Cl)nc2)CCCCC1. The second-order valence-electron chi connectivity index (χ2n) is 5.36. The topological polar surface area (TPSA) is 68.0 Å². The van der Waals surface area contributed by atoms with Gasteiger partial charge in [0, 0.05) is 6.42 Å². The zero-order valence-corrected chi connectivity index (χ0v) is 11.7. The first-order valence-corrected chi connectivity index (χ1v) is 7.13. The molecule has 0 saturated heterocycles. The summed E-state index contributed by atoms with van der Waals surface area (Å²) in [6.45, 7) is 0.583. The van der Waals surface area contributed by atoms with Gasteiger partial charge < -0.3 is 11.1 Å². The Balaban J connectivity index is 1.94. The van der Waals surface area contributed by atoms with Crippen LogP contribution in [0.15, 0.2) is 18.3 Å². The Labute approximate surface area is 118 Å². The standard InChI is InChI=1S/C14H20ClN3O/c15-12-5-4-11(9-17-12)18-13(19)8-14(10-16)6-2-1-3-7-14/h4-5,9H,1-3,6-8,10,16H2,(H,18,19). The fourth-order valence-electron chi connectivity index (χ4n) is 2.75. The van der Waals surface area contributed by atoms with Gasteiger partial charge in [-0.2, -0.15) is 0 Å². The van der Waals surface area contributed by atoms with E-state index in [1.165, 1.54) is 19.3 Å². The van der Waals surface area contributed by atoms with Crippen LogP contribution in [0.1, 0.15) is 38.5 Å². The van der Waals surface area contributed by atoms with Crippen LogP contribution >= 0.6 is 11.6 Å². The number of nitrogens with one attached hydrogen (secondary N) is 1. The van der Waals surface area contributed by atoms with Crippen molar-refractivity contribution in [2.45, 2.75) is 38.5 Å². The molecule has 1 amide bonds. The van der Waals surface area contributed by atoms with Gasteiger partial charge in [-0.15, -0.1) is 0 Å². The van der Waals surface area contributed by atoms with Crippen molar-refractivity contribution in [3.63, 3.8) is 0 Å². The third-order valence-corrected chi connectivity index (χ3v) is 4.12. The number of halogens is 1. The number of nitrogens with two attached hydrogens (primary N) is 1. The molecule has 3 N–H and O–H groups in total. The maximum atomic E-state index is 12.1. The van der Waals surface area contributed by atoms with E-state index in [1.54, 1.807) is 18.3 Å². The van der Waals surface area contributed by atoms with Gasteiger partial charge in [0.05, 0.1) is 11.9 Å². The average Bonchev–Trinajstić information content (AvgIpc) is 2.42. The molecule has 1 aliphatic carbocycles. The molecule has 104 valence electrons. The Morgan fingerprint density at radius 1 is 1.37 bits per heavy atom. The Kier molecular flexibility index (Phi) is 4.77. The van der Waals surface area contributed by atoms with Crippen molar-refractivity contribution in [1.82, 2.24) is 4.98 Å². The number of carbonyl (C=O) groups excluding carboxylic acids is 1. The highest BCUT2D eigenvalue weighted by molar-refractivity contribution is 6.29. The van der Waals surface area contributed by atoms with Gasteiger partial charge in [-0.25, -0.2) is 4.98 Å². The fourth-order valence-corrected chi connectivity index (χ4v) is 2.86. The Bertz CT molecular complexity index is 427. The van der Waals surface area contributed by atoms with E-state index in [-0.39, 0.29) is 11.3 Å². The summed E-state index contributed by atoms with van der Waals surface area (Å²) in [5, 5.41) is 3.28. The number of carbonyl (C=O) groups is 1. The summed E-state index contributed by atoms with van der Waals surface area (Å²) in [6.07, 6.45) is 7.76. The van der Waals surface area contributed by atoms with Crippen molar-refractivity contribution in [3.8, 4) is 0 Å². The molecule has 1 aliphatic rings. The summed E-state index contributed by atoms with van der Waals surface area (Å²) >= 11 is 5.71. The van der Waals surface area contributed by atoms with E-state index in [9.17, 15) is 4.79 Å². The fraction of sp³-hybridized carbons (Fsp3) is 0.571. The summed E-state index contributed by atoms with van der Waals surface area (Å²) < 4.78 is 0. The van der Waals surface area contributed by atoms with Crippen molar-refractivity contribution >= 4 is 23.2 Å². The lowest BCUT2D eigenvalue weighted by molar-refractivity contribution is -0.118. The lowest BCUT2D eigenvalue weighted by Crippen LogP contribution is -2.36. The van der Waals surface area contributed by atoms with Gasteiger partial charge in [-0.3, -0.25) is 4.79 Å². The van der Waals surface area contributed by atoms with Gasteiger partial charge in [0.2, 0.25) is 5.91 Å². The maximum absolute atomic E-state index is 12.1. The van der Waals surface area contributed by atoms with E-state index < -0.39 is 0 Å². The summed E-state index contributed by atoms with van der Waals surface area (Å²) in [5.74, 6) is 0.0106. The summed E-state index contributed by atoms with van der Waals surface area (Å²) in [4.78, 5) is 16.0. The first-order valence-electron chi connectivity index (χ1n) is 6.75. The van der Waals surface area contributed by atoms with Gasteiger partial charge >= 0.3 is 0 Å². The Morgan fingerprint density at radius 2 is 2.11 bits per heavy atom. The molecule has 0 spiro atoms. The highest BCUT2D eigenvalue weighted by atomic mass is 35.5. The molecular formula is C14H20ClN3O. The maximum Gasteiger partial charge on any atom is 0.225 e. The minimum Gasteiger partial charge on any atom is -0.330 e. The third-order valence-electron chi connectivity index (χ3n) is 3.89. The van der Waals surface area contributed by atoms with Crippen molar-refractivity contribution < 1.29 is 4.79 Å². The molecule has 0 aromatic carbocycles. The summed E-state index contributed by atoms with van der Waals surface area (Å²) in [7, 11) is 0. The van der Waals surface area contributed by atoms with Crippen LogP contribution in [-0.2, 0) is 4.79 Å². The number of rotatable bonds is 4. The molecule has 4 nitrogen and oxygen atoms in total. The highest BCUT2D eigenvalue weighted by Gasteiger charge is 2.32. The Hall–Kier alpha value is -1.13. The minimum absolute atomic E-state index is 0.0106. The average molecular weight is 282 g/mol. The predicted molar refractivity (Wildman–Crippen MR) is 77.1 cm³/mol. The molecule has 0 bridgehead atoms. The van der Waals surface area contributed by atoms with Gasteiger partial charge in [0.15, 0.2) is 0 Å². The molecule has 0 radical (unpaired) electrons. The number of hydrogen-bond donors (Lipinski definition) is 2. The van der Waals surface area contributed by atoms with Crippen LogP contribution < -0.4 is 11.1 Å². The molecule has 1 fully saturated rings. The van der Waals surface area contributed by atoms with Crippen LogP contribution in [0, 0.1) is 5.41 Å². The number of pyridine rings is 1. The van der Waals surface area contributed by atoms with Gasteiger partial charge in [0.1, 0.15) is 5.15 Å². The van der Waals surface area contributed by atoms with E-state index in [0.717, 1.165) is 12.8 Å². The molecule has 1 aromatic rings. The molecule has 2 rings (SSSR count). The van der Waals surface area contributed by atoms with Crippen molar-refractivity contribution in [3.05, 3.63) is 23.5 Å². The largest absolute Gasteiger partial charge is 0.330 e. The quantitative estimate of drug-likeness (QED) is 0.834. The number of aromatic nitrogens is 1. The summed E-state index contributed by atoms with van der Waals surface area (Å²) in [6, 6.07) is 3.42. The minimum atomic E-state index is -0.0117. The lowest BCUT2D eigenvalue weighted by atomic mass is 9.71. The van der Waals surface area contributed by atoms with E-state index in [0.29, 0.717) is 23.8 Å². The second kappa shape index (κ2) is 6.35. The van der Waals surface area contributed by atoms with Gasteiger partial charge in [-0.05, 0) is 36.9 Å². The first kappa shape index (κ1) is 14.3. The monoisotopic (exact) mass is 281 g/mol. The van der Waals surface area contributed by atoms with E-state index in [4.69, 9.17) is 17.3 Å². The molecule has 1 aromatic heterocycles. The van der Waals surface area contributed by atoms with Crippen molar-refractivity contribution in [2.24, 2.45) is 11.1 Å². The van der Waals surface area contributed by atoms with Crippen LogP contribution in [0.5, 0.6) is 0 Å². The van der Waals surface area contributed by atoms with Crippen LogP contribution in [0.25, 0.3) is 0 Å². The summed E-state index contributed by atoms with van der Waals surface area (Å²) in [5.41, 5.74) is 6.56. The second-order valence-corrected chi connectivity index (χ2v) is 5.75. The molecule has 0 atom stereocenters. The van der Waals surface area contributed by atoms with Crippen LogP contribution in [0.3, 0.4) is 0 Å². The Morgan fingerprint density at radius 3 is 2.68 bits per heavy atom. The number of amides is 1. The zero-order chi connectivity index (χ0) is 13.7. The molecule has 0 aliphatic heterocycles. The van der Waals surface area contributed by atoms with Crippen LogP contribution in [0.4, 0.5) is 5.69 Å². The highest BCUT2D eigenvalue weighted by Crippen LogP contribution is 2.38. The van der Waals surface area contributed by atoms with E-state index in [1.807, 2.05) is 0 Å². The smallest absolute Gasteiger partial charge is 0.225 e. The zero-order valence-electron chi connectivity index (χ0n) is 11.0. The molecular weight excluding hydrogens is 262 g/mol. The van der Waals surface area contributed by atoms with Gasteiger partial charge in [0.25, 0.3) is 0 Å². The molecule has 0 unspecified atom stereocenters. The first-order chi connectivity index (χ1) is 9.13. The molecule has 19 heavy (non-hydrogen) atoms. The van der Waals surface area contributed by atoms with Crippen molar-refractivity contribution in [1.29, 1.82) is 0 Å². The predicted octanol–water partition coefficient (Wildman–Crippen LogP) is 2.97. The number of anilines is 1. The number of hydrogen-bond acceptors (Lipinski definition) is 3. The van der Waals surface area contributed by atoms with Crippen molar-refractivity contribution in [2.75, 3.05) is 11.9 Å². The van der Waals surface area contributed by atoms with E-state index >= 15 is 0 Å². The van der Waals surface area contributed by atoms with Crippen LogP contribution in [0.2, 0.25) is 5.15 Å².